The van der Waals surface area contributed by atoms with Gasteiger partial charge in [0, 0.05) is 7.05 Å². The van der Waals surface area contributed by atoms with Gasteiger partial charge in [0.15, 0.2) is 0 Å². The SMILES string of the molecule is CNC(=O)CNc1c(C)cccc1F. The van der Waals surface area contributed by atoms with Crippen molar-refractivity contribution in [1.29, 1.82) is 0 Å². The molecule has 1 amide bonds. The highest BCUT2D eigenvalue weighted by Gasteiger charge is 2.05. The number of hydrogen-bond acceptors (Lipinski definition) is 2. The molecule has 0 saturated carbocycles. The summed E-state index contributed by atoms with van der Waals surface area (Å²) in [6.07, 6.45) is 0. The largest absolute Gasteiger partial charge is 0.374 e. The van der Waals surface area contributed by atoms with Crippen LogP contribution in [0, 0.1) is 12.7 Å². The van der Waals surface area contributed by atoms with Crippen molar-refractivity contribution < 1.29 is 9.18 Å². The monoisotopic (exact) mass is 196 g/mol. The Labute approximate surface area is 82.3 Å². The maximum absolute atomic E-state index is 13.2. The Kier molecular flexibility index (Phi) is 3.45. The number of aryl methyl sites for hydroxylation is 1. The molecular formula is C10H13FN2O. The van der Waals surface area contributed by atoms with E-state index in [1.54, 1.807) is 19.1 Å². The van der Waals surface area contributed by atoms with E-state index in [4.69, 9.17) is 0 Å². The normalized spacial score (nSPS) is 9.64. The topological polar surface area (TPSA) is 41.1 Å². The first-order valence-electron chi connectivity index (χ1n) is 4.34. The van der Waals surface area contributed by atoms with Crippen LogP contribution in [0.2, 0.25) is 0 Å². The van der Waals surface area contributed by atoms with Gasteiger partial charge in [-0.3, -0.25) is 4.79 Å². The van der Waals surface area contributed by atoms with E-state index in [0.29, 0.717) is 5.69 Å². The molecule has 0 spiro atoms. The van der Waals surface area contributed by atoms with Gasteiger partial charge in [-0.15, -0.1) is 0 Å². The second-order valence-electron chi connectivity index (χ2n) is 2.96. The number of rotatable bonds is 3. The fourth-order valence-electron chi connectivity index (χ4n) is 1.11. The minimum Gasteiger partial charge on any atom is -0.374 e. The molecule has 0 radical (unpaired) electrons. The lowest BCUT2D eigenvalue weighted by atomic mass is 10.2. The number of carbonyl (C=O) groups is 1. The average Bonchev–Trinajstić information content (AvgIpc) is 2.16. The molecule has 0 aromatic heterocycles. The summed E-state index contributed by atoms with van der Waals surface area (Å²) in [5.74, 6) is -0.512. The van der Waals surface area contributed by atoms with E-state index in [9.17, 15) is 9.18 Å². The molecule has 1 aromatic rings. The second-order valence-corrected chi connectivity index (χ2v) is 2.96. The molecule has 3 nitrogen and oxygen atoms in total. The van der Waals surface area contributed by atoms with Crippen molar-refractivity contribution >= 4 is 11.6 Å². The van der Waals surface area contributed by atoms with Crippen molar-refractivity contribution in [2.24, 2.45) is 0 Å². The van der Waals surface area contributed by atoms with Crippen molar-refractivity contribution in [2.45, 2.75) is 6.92 Å². The molecule has 14 heavy (non-hydrogen) atoms. The standard InChI is InChI=1S/C10H13FN2O/c1-7-4-3-5-8(11)10(7)13-6-9(14)12-2/h3-5,13H,6H2,1-2H3,(H,12,14). The molecule has 0 aliphatic rings. The molecule has 0 unspecified atom stereocenters. The molecule has 0 atom stereocenters. The number of benzene rings is 1. The van der Waals surface area contributed by atoms with Crippen LogP contribution in [0.15, 0.2) is 18.2 Å². The van der Waals surface area contributed by atoms with Crippen LogP contribution in [0.25, 0.3) is 0 Å². The van der Waals surface area contributed by atoms with Crippen LogP contribution in [0.3, 0.4) is 0 Å². The first kappa shape index (κ1) is 10.5. The van der Waals surface area contributed by atoms with Gasteiger partial charge in [-0.05, 0) is 18.6 Å². The maximum atomic E-state index is 13.2. The summed E-state index contributed by atoms with van der Waals surface area (Å²) in [5.41, 5.74) is 1.17. The molecule has 0 aliphatic heterocycles. The van der Waals surface area contributed by atoms with E-state index in [1.807, 2.05) is 0 Å². The Hall–Kier alpha value is -1.58. The molecule has 0 heterocycles. The zero-order valence-electron chi connectivity index (χ0n) is 8.23. The van der Waals surface area contributed by atoms with Crippen molar-refractivity contribution in [3.8, 4) is 0 Å². The third kappa shape index (κ3) is 2.45. The van der Waals surface area contributed by atoms with E-state index in [-0.39, 0.29) is 18.3 Å². The van der Waals surface area contributed by atoms with Gasteiger partial charge in [-0.1, -0.05) is 12.1 Å². The molecule has 0 bridgehead atoms. The zero-order valence-corrected chi connectivity index (χ0v) is 8.23. The summed E-state index contributed by atoms with van der Waals surface area (Å²) in [4.78, 5) is 10.9. The third-order valence-corrected chi connectivity index (χ3v) is 1.93. The van der Waals surface area contributed by atoms with E-state index in [0.717, 1.165) is 5.56 Å². The van der Waals surface area contributed by atoms with Gasteiger partial charge in [0.25, 0.3) is 0 Å². The van der Waals surface area contributed by atoms with E-state index in [1.165, 1.54) is 13.1 Å². The van der Waals surface area contributed by atoms with Crippen molar-refractivity contribution in [2.75, 3.05) is 18.9 Å². The fourth-order valence-corrected chi connectivity index (χ4v) is 1.11. The molecular weight excluding hydrogens is 183 g/mol. The summed E-state index contributed by atoms with van der Waals surface area (Å²) < 4.78 is 13.2. The molecule has 4 heteroatoms. The summed E-state index contributed by atoms with van der Waals surface area (Å²) in [5, 5.41) is 5.20. The number of likely N-dealkylation sites (N-methyl/N-ethyl adjacent to an activating group) is 1. The lowest BCUT2D eigenvalue weighted by Crippen LogP contribution is -2.26. The number of amides is 1. The maximum Gasteiger partial charge on any atom is 0.239 e. The van der Waals surface area contributed by atoms with Gasteiger partial charge in [0.1, 0.15) is 5.82 Å². The van der Waals surface area contributed by atoms with Crippen LogP contribution in [-0.4, -0.2) is 19.5 Å². The Morgan fingerprint density at radius 3 is 2.79 bits per heavy atom. The minimum atomic E-state index is -0.339. The molecule has 1 rings (SSSR count). The number of nitrogens with one attached hydrogen (secondary N) is 2. The van der Waals surface area contributed by atoms with Crippen LogP contribution in [0.5, 0.6) is 0 Å². The van der Waals surface area contributed by atoms with Crippen LogP contribution in [-0.2, 0) is 4.79 Å². The lowest BCUT2D eigenvalue weighted by Gasteiger charge is -2.09. The predicted octanol–water partition coefficient (Wildman–Crippen LogP) is 1.29. The predicted molar refractivity (Wildman–Crippen MR) is 53.7 cm³/mol. The molecule has 1 aromatic carbocycles. The number of hydrogen-bond donors (Lipinski definition) is 2. The Bertz CT molecular complexity index is 319. The fraction of sp³-hybridized carbons (Fsp3) is 0.300. The van der Waals surface area contributed by atoms with Crippen molar-refractivity contribution in [1.82, 2.24) is 5.32 Å². The van der Waals surface area contributed by atoms with Gasteiger partial charge in [0.2, 0.25) is 5.91 Å². The lowest BCUT2D eigenvalue weighted by molar-refractivity contribution is -0.118. The molecule has 0 aliphatic carbocycles. The quantitative estimate of drug-likeness (QED) is 0.764. The van der Waals surface area contributed by atoms with Crippen LogP contribution in [0.1, 0.15) is 5.56 Å². The summed E-state index contributed by atoms with van der Waals surface area (Å²) in [6, 6.07) is 4.78. The highest BCUT2D eigenvalue weighted by atomic mass is 19.1. The molecule has 0 fully saturated rings. The van der Waals surface area contributed by atoms with E-state index >= 15 is 0 Å². The average molecular weight is 196 g/mol. The molecule has 0 saturated heterocycles. The second kappa shape index (κ2) is 4.60. The van der Waals surface area contributed by atoms with Crippen molar-refractivity contribution in [3.05, 3.63) is 29.6 Å². The molecule has 76 valence electrons. The first-order chi connectivity index (χ1) is 6.65. The Morgan fingerprint density at radius 2 is 2.21 bits per heavy atom. The van der Waals surface area contributed by atoms with Crippen LogP contribution in [0.4, 0.5) is 10.1 Å². The summed E-state index contributed by atoms with van der Waals surface area (Å²) in [7, 11) is 1.54. The smallest absolute Gasteiger partial charge is 0.239 e. The van der Waals surface area contributed by atoms with Gasteiger partial charge >= 0.3 is 0 Å². The van der Waals surface area contributed by atoms with Gasteiger partial charge in [-0.25, -0.2) is 4.39 Å². The van der Waals surface area contributed by atoms with Crippen LogP contribution >= 0.6 is 0 Å². The van der Waals surface area contributed by atoms with Crippen molar-refractivity contribution in [3.63, 3.8) is 0 Å². The Morgan fingerprint density at radius 1 is 1.50 bits per heavy atom. The Balaban J connectivity index is 2.71. The van der Waals surface area contributed by atoms with Crippen LogP contribution < -0.4 is 10.6 Å². The van der Waals surface area contributed by atoms with Gasteiger partial charge in [-0.2, -0.15) is 0 Å². The van der Waals surface area contributed by atoms with E-state index < -0.39 is 0 Å². The van der Waals surface area contributed by atoms with E-state index in [2.05, 4.69) is 10.6 Å². The number of anilines is 1. The highest BCUT2D eigenvalue weighted by molar-refractivity contribution is 5.80. The first-order valence-corrected chi connectivity index (χ1v) is 4.34. The zero-order chi connectivity index (χ0) is 10.6. The highest BCUT2D eigenvalue weighted by Crippen LogP contribution is 2.17. The molecule has 2 N–H and O–H groups in total. The number of para-hydroxylation sites is 1. The number of carbonyl (C=O) groups excluding carboxylic acids is 1. The summed E-state index contributed by atoms with van der Waals surface area (Å²) in [6.45, 7) is 1.87. The van der Waals surface area contributed by atoms with Gasteiger partial charge < -0.3 is 10.6 Å². The summed E-state index contributed by atoms with van der Waals surface area (Å²) >= 11 is 0. The third-order valence-electron chi connectivity index (χ3n) is 1.93. The number of halogens is 1. The van der Waals surface area contributed by atoms with Gasteiger partial charge in [0.05, 0.1) is 12.2 Å². The minimum absolute atomic E-state index is 0.0816.